The molecule has 96 valence electrons. The highest BCUT2D eigenvalue weighted by atomic mass is 16.5. The van der Waals surface area contributed by atoms with E-state index in [-0.39, 0.29) is 0 Å². The molecule has 4 rings (SSSR count). The predicted molar refractivity (Wildman–Crippen MR) is 83.7 cm³/mol. The highest BCUT2D eigenvalue weighted by Gasteiger charge is 2.11. The van der Waals surface area contributed by atoms with E-state index in [1.54, 1.807) is 0 Å². The van der Waals surface area contributed by atoms with E-state index in [2.05, 4.69) is 42.5 Å². The number of benzene rings is 3. The van der Waals surface area contributed by atoms with Gasteiger partial charge < -0.3 is 4.74 Å². The van der Waals surface area contributed by atoms with Crippen LogP contribution in [0.5, 0.6) is 5.75 Å². The van der Waals surface area contributed by atoms with Crippen molar-refractivity contribution in [2.24, 2.45) is 0 Å². The van der Waals surface area contributed by atoms with Crippen LogP contribution >= 0.6 is 0 Å². The maximum atomic E-state index is 5.88. The van der Waals surface area contributed by atoms with Gasteiger partial charge in [0, 0.05) is 0 Å². The van der Waals surface area contributed by atoms with Gasteiger partial charge in [0.25, 0.3) is 0 Å². The van der Waals surface area contributed by atoms with Crippen LogP contribution in [-0.4, -0.2) is 0 Å². The topological polar surface area (TPSA) is 9.23 Å². The quantitative estimate of drug-likeness (QED) is 0.507. The Hall–Kier alpha value is -2.54. The van der Waals surface area contributed by atoms with Crippen LogP contribution in [0.3, 0.4) is 0 Å². The first kappa shape index (κ1) is 11.3. The second-order valence-electron chi connectivity index (χ2n) is 5.02. The molecule has 1 aliphatic rings. The van der Waals surface area contributed by atoms with Crippen LogP contribution in [0.1, 0.15) is 16.7 Å². The highest BCUT2D eigenvalue weighted by molar-refractivity contribution is 6.05. The molecule has 0 heterocycles. The molecule has 0 unspecified atom stereocenters. The van der Waals surface area contributed by atoms with Crippen LogP contribution in [-0.2, 0) is 6.61 Å². The molecule has 0 atom stereocenters. The van der Waals surface area contributed by atoms with E-state index in [0.29, 0.717) is 6.61 Å². The minimum absolute atomic E-state index is 0.601. The Morgan fingerprint density at radius 2 is 1.50 bits per heavy atom. The first-order valence-electron chi connectivity index (χ1n) is 6.82. The molecule has 0 aliphatic heterocycles. The summed E-state index contributed by atoms with van der Waals surface area (Å²) in [5.74, 6) is 0.911. The van der Waals surface area contributed by atoms with Gasteiger partial charge in [0.05, 0.1) is 0 Å². The second-order valence-corrected chi connectivity index (χ2v) is 5.02. The summed E-state index contributed by atoms with van der Waals surface area (Å²) in [5.41, 5.74) is 3.84. The van der Waals surface area contributed by atoms with Crippen LogP contribution in [0.2, 0.25) is 0 Å². The second kappa shape index (κ2) is 4.53. The minimum atomic E-state index is 0.601. The van der Waals surface area contributed by atoms with E-state index < -0.39 is 0 Å². The molecule has 20 heavy (non-hydrogen) atoms. The normalized spacial score (nSPS) is 12.0. The Morgan fingerprint density at radius 1 is 0.700 bits per heavy atom. The lowest BCUT2D eigenvalue weighted by molar-refractivity contribution is 0.307. The Labute approximate surface area is 118 Å². The zero-order valence-corrected chi connectivity index (χ0v) is 11.0. The van der Waals surface area contributed by atoms with E-state index in [9.17, 15) is 0 Å². The molecule has 1 nitrogen and oxygen atoms in total. The molecular weight excluding hydrogens is 244 g/mol. The first-order valence-corrected chi connectivity index (χ1v) is 6.82. The van der Waals surface area contributed by atoms with Crippen LogP contribution in [0.15, 0.2) is 60.7 Å². The largest absolute Gasteiger partial charge is 0.489 e. The van der Waals surface area contributed by atoms with Crippen molar-refractivity contribution in [3.05, 3.63) is 77.4 Å². The number of hydrogen-bond acceptors (Lipinski definition) is 1. The molecule has 0 aromatic heterocycles. The fourth-order valence-electron chi connectivity index (χ4n) is 2.78. The van der Waals surface area contributed by atoms with Gasteiger partial charge in [-0.15, -0.1) is 0 Å². The monoisotopic (exact) mass is 258 g/mol. The SMILES string of the molecule is C1=Cc2ccc(COc3ccccc3)c3cccc1c23. The number of para-hydroxylation sites is 1. The molecule has 0 saturated carbocycles. The maximum absolute atomic E-state index is 5.88. The fraction of sp³-hybridized carbons (Fsp3) is 0.0526. The molecule has 3 aromatic rings. The molecule has 0 spiro atoms. The van der Waals surface area contributed by atoms with Crippen molar-refractivity contribution >= 4 is 22.9 Å². The lowest BCUT2D eigenvalue weighted by Gasteiger charge is -2.10. The van der Waals surface area contributed by atoms with Crippen molar-refractivity contribution in [2.45, 2.75) is 6.61 Å². The third-order valence-electron chi connectivity index (χ3n) is 3.78. The van der Waals surface area contributed by atoms with Gasteiger partial charge in [-0.2, -0.15) is 0 Å². The summed E-state index contributed by atoms with van der Waals surface area (Å²) in [7, 11) is 0. The molecule has 0 fully saturated rings. The van der Waals surface area contributed by atoms with Crippen molar-refractivity contribution in [1.29, 1.82) is 0 Å². The molecule has 0 N–H and O–H groups in total. The molecule has 0 saturated heterocycles. The summed E-state index contributed by atoms with van der Waals surface area (Å²) in [6.45, 7) is 0.601. The highest BCUT2D eigenvalue weighted by Crippen LogP contribution is 2.33. The fourth-order valence-corrected chi connectivity index (χ4v) is 2.78. The van der Waals surface area contributed by atoms with E-state index in [0.717, 1.165) is 5.75 Å². The molecule has 0 radical (unpaired) electrons. The van der Waals surface area contributed by atoms with Gasteiger partial charge in [-0.3, -0.25) is 0 Å². The third kappa shape index (κ3) is 1.79. The average molecular weight is 258 g/mol. The Balaban J connectivity index is 1.72. The van der Waals surface area contributed by atoms with Crippen LogP contribution in [0.4, 0.5) is 0 Å². The summed E-state index contributed by atoms with van der Waals surface area (Å²) in [4.78, 5) is 0. The Morgan fingerprint density at radius 3 is 2.35 bits per heavy atom. The van der Waals surface area contributed by atoms with Crippen molar-refractivity contribution in [2.75, 3.05) is 0 Å². The lowest BCUT2D eigenvalue weighted by atomic mass is 10.00. The summed E-state index contributed by atoms with van der Waals surface area (Å²) >= 11 is 0. The summed E-state index contributed by atoms with van der Waals surface area (Å²) in [6, 6.07) is 20.8. The summed E-state index contributed by atoms with van der Waals surface area (Å²) in [6.07, 6.45) is 4.36. The van der Waals surface area contributed by atoms with Gasteiger partial charge in [0.2, 0.25) is 0 Å². The van der Waals surface area contributed by atoms with E-state index in [4.69, 9.17) is 4.74 Å². The van der Waals surface area contributed by atoms with Crippen molar-refractivity contribution in [3.63, 3.8) is 0 Å². The van der Waals surface area contributed by atoms with E-state index >= 15 is 0 Å². The van der Waals surface area contributed by atoms with Gasteiger partial charge in [-0.05, 0) is 39.6 Å². The van der Waals surface area contributed by atoms with Gasteiger partial charge in [-0.25, -0.2) is 0 Å². The Bertz CT molecular complexity index is 788. The predicted octanol–water partition coefficient (Wildman–Crippen LogP) is 4.90. The maximum Gasteiger partial charge on any atom is 0.119 e. The van der Waals surface area contributed by atoms with E-state index in [1.807, 2.05) is 30.3 Å². The van der Waals surface area contributed by atoms with Crippen molar-refractivity contribution in [3.8, 4) is 5.75 Å². The molecule has 1 aliphatic carbocycles. The third-order valence-corrected chi connectivity index (χ3v) is 3.78. The molecule has 0 bridgehead atoms. The van der Waals surface area contributed by atoms with Gasteiger partial charge in [0.15, 0.2) is 0 Å². The minimum Gasteiger partial charge on any atom is -0.489 e. The van der Waals surface area contributed by atoms with Gasteiger partial charge >= 0.3 is 0 Å². The Kier molecular flexibility index (Phi) is 2.56. The van der Waals surface area contributed by atoms with Gasteiger partial charge in [-0.1, -0.05) is 60.7 Å². The lowest BCUT2D eigenvalue weighted by Crippen LogP contribution is -1.97. The summed E-state index contributed by atoms with van der Waals surface area (Å²) in [5, 5.41) is 2.64. The van der Waals surface area contributed by atoms with E-state index in [1.165, 1.54) is 27.5 Å². The van der Waals surface area contributed by atoms with Crippen LogP contribution in [0, 0.1) is 0 Å². The molecule has 0 amide bonds. The van der Waals surface area contributed by atoms with Crippen LogP contribution in [0.25, 0.3) is 22.9 Å². The number of rotatable bonds is 3. The first-order chi connectivity index (χ1) is 9.92. The zero-order chi connectivity index (χ0) is 13.4. The zero-order valence-electron chi connectivity index (χ0n) is 11.0. The van der Waals surface area contributed by atoms with Crippen LogP contribution < -0.4 is 4.74 Å². The molecule has 1 heteroatoms. The standard InChI is InChI=1S/C19H14O/c1-2-6-17(7-3-1)20-13-16-12-11-15-10-9-14-5-4-8-18(16)19(14)15/h1-12H,13H2. The number of ether oxygens (including phenoxy) is 1. The summed E-state index contributed by atoms with van der Waals surface area (Å²) < 4.78 is 5.88. The molecular formula is C19H14O. The van der Waals surface area contributed by atoms with Crippen molar-refractivity contribution < 1.29 is 4.74 Å². The average Bonchev–Trinajstić information content (AvgIpc) is 2.93. The molecule has 3 aromatic carbocycles. The smallest absolute Gasteiger partial charge is 0.119 e. The van der Waals surface area contributed by atoms with Gasteiger partial charge in [0.1, 0.15) is 12.4 Å². The number of hydrogen-bond donors (Lipinski definition) is 0. The van der Waals surface area contributed by atoms with Crippen molar-refractivity contribution in [1.82, 2.24) is 0 Å².